The minimum absolute atomic E-state index is 0.118. The van der Waals surface area contributed by atoms with E-state index in [0.717, 1.165) is 6.42 Å². The Kier molecular flexibility index (Phi) is 6.81. The molecule has 0 bridgehead atoms. The largest absolute Gasteiger partial charge is 0.469 e. The molecule has 0 saturated heterocycles. The number of carbonyl (C=O) groups is 2. The van der Waals surface area contributed by atoms with Gasteiger partial charge in [0.15, 0.2) is 0 Å². The third-order valence-corrected chi connectivity index (χ3v) is 4.39. The van der Waals surface area contributed by atoms with Gasteiger partial charge in [-0.25, -0.2) is 0 Å². The molecule has 0 aliphatic heterocycles. The smallest absolute Gasteiger partial charge is 0.315 e. The number of allylic oxidation sites excluding steroid dienone is 2. The zero-order chi connectivity index (χ0) is 17.7. The lowest BCUT2D eigenvalue weighted by atomic mass is 9.72. The number of esters is 2. The molecule has 1 fully saturated rings. The molecule has 0 aromatic carbocycles. The Morgan fingerprint density at radius 1 is 1.26 bits per heavy atom. The van der Waals surface area contributed by atoms with Gasteiger partial charge in [-0.2, -0.15) is 0 Å². The molecule has 1 saturated carbocycles. The quantitative estimate of drug-likeness (QED) is 0.600. The fourth-order valence-corrected chi connectivity index (χ4v) is 3.22. The number of rotatable bonds is 6. The summed E-state index contributed by atoms with van der Waals surface area (Å²) >= 11 is 0. The zero-order valence-electron chi connectivity index (χ0n) is 14.9. The first kappa shape index (κ1) is 19.7. The molecule has 0 heterocycles. The van der Waals surface area contributed by atoms with E-state index in [1.165, 1.54) is 7.11 Å². The van der Waals surface area contributed by atoms with E-state index in [1.807, 2.05) is 19.1 Å². The highest BCUT2D eigenvalue weighted by Gasteiger charge is 2.56. The van der Waals surface area contributed by atoms with Crippen molar-refractivity contribution in [1.29, 1.82) is 0 Å². The van der Waals surface area contributed by atoms with Crippen LogP contribution in [0.5, 0.6) is 0 Å². The number of ether oxygens (including phenoxy) is 2. The summed E-state index contributed by atoms with van der Waals surface area (Å²) in [6.45, 7) is 7.42. The van der Waals surface area contributed by atoms with Crippen molar-refractivity contribution < 1.29 is 24.2 Å². The molecule has 3 unspecified atom stereocenters. The maximum atomic E-state index is 12.9. The summed E-state index contributed by atoms with van der Waals surface area (Å²) in [7, 11) is 1.33. The van der Waals surface area contributed by atoms with Gasteiger partial charge in [-0.3, -0.25) is 9.59 Å². The predicted octanol–water partition coefficient (Wildman–Crippen LogP) is 3.00. The molecule has 0 amide bonds. The normalized spacial score (nSPS) is 28.1. The number of carbonyl (C=O) groups excluding carboxylic acids is 2. The summed E-state index contributed by atoms with van der Waals surface area (Å²) in [6.07, 6.45) is 5.49. The SMILES string of the molecule is CC/C=C\CC1(C(=O)OC(C)(C)C)C(O)CCC1CC(=O)OC. The van der Waals surface area contributed by atoms with Crippen LogP contribution in [0.25, 0.3) is 0 Å². The summed E-state index contributed by atoms with van der Waals surface area (Å²) in [5, 5.41) is 10.6. The van der Waals surface area contributed by atoms with Gasteiger partial charge < -0.3 is 14.6 Å². The van der Waals surface area contributed by atoms with Crippen LogP contribution in [-0.2, 0) is 19.1 Å². The fraction of sp³-hybridized carbons (Fsp3) is 0.778. The first-order valence-electron chi connectivity index (χ1n) is 8.30. The molecule has 5 nitrogen and oxygen atoms in total. The van der Waals surface area contributed by atoms with Crippen molar-refractivity contribution >= 4 is 11.9 Å². The predicted molar refractivity (Wildman–Crippen MR) is 87.7 cm³/mol. The van der Waals surface area contributed by atoms with Crippen LogP contribution >= 0.6 is 0 Å². The van der Waals surface area contributed by atoms with Gasteiger partial charge in [-0.15, -0.1) is 0 Å². The van der Waals surface area contributed by atoms with E-state index < -0.39 is 23.1 Å². The lowest BCUT2D eigenvalue weighted by Gasteiger charge is -2.37. The molecule has 1 N–H and O–H groups in total. The van der Waals surface area contributed by atoms with Crippen molar-refractivity contribution in [2.45, 2.75) is 71.5 Å². The summed E-state index contributed by atoms with van der Waals surface area (Å²) in [5.41, 5.74) is -1.72. The number of methoxy groups -OCH3 is 1. The summed E-state index contributed by atoms with van der Waals surface area (Å²) < 4.78 is 10.3. The summed E-state index contributed by atoms with van der Waals surface area (Å²) in [6, 6.07) is 0. The van der Waals surface area contributed by atoms with Crippen molar-refractivity contribution in [1.82, 2.24) is 0 Å². The molecule has 132 valence electrons. The van der Waals surface area contributed by atoms with Crippen molar-refractivity contribution in [3.8, 4) is 0 Å². The van der Waals surface area contributed by atoms with Crippen LogP contribution in [0.2, 0.25) is 0 Å². The summed E-state index contributed by atoms with van der Waals surface area (Å²) in [4.78, 5) is 24.6. The fourth-order valence-electron chi connectivity index (χ4n) is 3.22. The van der Waals surface area contributed by atoms with E-state index in [2.05, 4.69) is 0 Å². The third-order valence-electron chi connectivity index (χ3n) is 4.39. The maximum absolute atomic E-state index is 12.9. The Hall–Kier alpha value is -1.36. The average molecular weight is 326 g/mol. The first-order valence-corrected chi connectivity index (χ1v) is 8.30. The maximum Gasteiger partial charge on any atom is 0.315 e. The van der Waals surface area contributed by atoms with E-state index in [4.69, 9.17) is 9.47 Å². The standard InChI is InChI=1S/C18H30O5/c1-6-7-8-11-18(16(21)23-17(2,3)4)13(9-10-14(18)19)12-15(20)22-5/h7-8,13-14,19H,6,9-12H2,1-5H3/b8-7-. The van der Waals surface area contributed by atoms with E-state index in [9.17, 15) is 14.7 Å². The molecule has 1 rings (SSSR count). The molecule has 5 heteroatoms. The van der Waals surface area contributed by atoms with E-state index in [0.29, 0.717) is 19.3 Å². The first-order chi connectivity index (χ1) is 10.7. The second kappa shape index (κ2) is 7.95. The number of hydrogen-bond donors (Lipinski definition) is 1. The Balaban J connectivity index is 3.15. The number of aliphatic hydroxyl groups is 1. The van der Waals surface area contributed by atoms with Crippen molar-refractivity contribution in [2.75, 3.05) is 7.11 Å². The second-order valence-electron chi connectivity index (χ2n) is 7.20. The number of hydrogen-bond acceptors (Lipinski definition) is 5. The lowest BCUT2D eigenvalue weighted by Crippen LogP contribution is -2.47. The highest BCUT2D eigenvalue weighted by molar-refractivity contribution is 5.81. The van der Waals surface area contributed by atoms with Gasteiger partial charge in [0.1, 0.15) is 11.0 Å². The molecule has 3 atom stereocenters. The van der Waals surface area contributed by atoms with Crippen LogP contribution in [0, 0.1) is 11.3 Å². The molecule has 1 aliphatic rings. The number of aliphatic hydroxyl groups excluding tert-OH is 1. The molecular weight excluding hydrogens is 296 g/mol. The Bertz CT molecular complexity index is 449. The van der Waals surface area contributed by atoms with E-state index in [-0.39, 0.29) is 18.3 Å². The molecule has 1 aliphatic carbocycles. The van der Waals surface area contributed by atoms with Crippen molar-refractivity contribution in [3.63, 3.8) is 0 Å². The second-order valence-corrected chi connectivity index (χ2v) is 7.20. The Labute approximate surface area is 139 Å². The van der Waals surface area contributed by atoms with E-state index in [1.54, 1.807) is 20.8 Å². The minimum atomic E-state index is -1.08. The lowest BCUT2D eigenvalue weighted by molar-refractivity contribution is -0.177. The Morgan fingerprint density at radius 2 is 1.91 bits per heavy atom. The summed E-state index contributed by atoms with van der Waals surface area (Å²) in [5.74, 6) is -1.07. The van der Waals surface area contributed by atoms with Gasteiger partial charge in [0.2, 0.25) is 0 Å². The average Bonchev–Trinajstić information content (AvgIpc) is 2.75. The molecule has 23 heavy (non-hydrogen) atoms. The highest BCUT2D eigenvalue weighted by atomic mass is 16.6. The molecule has 0 radical (unpaired) electrons. The van der Waals surface area contributed by atoms with Crippen molar-refractivity contribution in [3.05, 3.63) is 12.2 Å². The molecule has 0 aromatic heterocycles. The van der Waals surface area contributed by atoms with Crippen LogP contribution in [0.1, 0.15) is 59.8 Å². The van der Waals surface area contributed by atoms with Crippen molar-refractivity contribution in [2.24, 2.45) is 11.3 Å². The molecule has 0 aromatic rings. The van der Waals surface area contributed by atoms with E-state index >= 15 is 0 Å². The monoisotopic (exact) mass is 326 g/mol. The molecular formula is C18H30O5. The van der Waals surface area contributed by atoms with Gasteiger partial charge in [0, 0.05) is 6.42 Å². The Morgan fingerprint density at radius 3 is 2.43 bits per heavy atom. The van der Waals surface area contributed by atoms with Gasteiger partial charge >= 0.3 is 11.9 Å². The highest BCUT2D eigenvalue weighted by Crippen LogP contribution is 2.49. The van der Waals surface area contributed by atoms with Crippen LogP contribution in [0.3, 0.4) is 0 Å². The van der Waals surface area contributed by atoms with Crippen LogP contribution in [0.4, 0.5) is 0 Å². The van der Waals surface area contributed by atoms with Gasteiger partial charge in [0.25, 0.3) is 0 Å². The van der Waals surface area contributed by atoms with Gasteiger partial charge in [0.05, 0.1) is 13.2 Å². The zero-order valence-corrected chi connectivity index (χ0v) is 14.9. The van der Waals surface area contributed by atoms with Gasteiger partial charge in [-0.05, 0) is 52.4 Å². The van der Waals surface area contributed by atoms with Crippen LogP contribution in [0.15, 0.2) is 12.2 Å². The van der Waals surface area contributed by atoms with Crippen LogP contribution < -0.4 is 0 Å². The molecule has 0 spiro atoms. The third kappa shape index (κ3) is 4.80. The van der Waals surface area contributed by atoms with Gasteiger partial charge in [-0.1, -0.05) is 19.1 Å². The minimum Gasteiger partial charge on any atom is -0.469 e. The van der Waals surface area contributed by atoms with Crippen LogP contribution in [-0.4, -0.2) is 35.9 Å². The topological polar surface area (TPSA) is 72.8 Å².